The molecule has 23 heavy (non-hydrogen) atoms. The van der Waals surface area contributed by atoms with Gasteiger partial charge in [-0.25, -0.2) is 0 Å². The van der Waals surface area contributed by atoms with Crippen LogP contribution in [-0.2, 0) is 0 Å². The molecule has 0 aromatic heterocycles. The van der Waals surface area contributed by atoms with Gasteiger partial charge in [-0.1, -0.05) is 78.4 Å². The van der Waals surface area contributed by atoms with Gasteiger partial charge in [0.05, 0.1) is 0 Å². The largest absolute Gasteiger partial charge is 0.293 e. The van der Waals surface area contributed by atoms with E-state index in [4.69, 9.17) is 0 Å². The summed E-state index contributed by atoms with van der Waals surface area (Å²) in [5.74, 6) is 0.541. The molecule has 2 atom stereocenters. The summed E-state index contributed by atoms with van der Waals surface area (Å²) in [4.78, 5) is 13.0. The lowest BCUT2D eigenvalue weighted by Gasteiger charge is -2.20. The molecule has 0 amide bonds. The lowest BCUT2D eigenvalue weighted by molar-refractivity contribution is 0.0925. The third-order valence-corrected chi connectivity index (χ3v) is 5.08. The van der Waals surface area contributed by atoms with Crippen molar-refractivity contribution in [2.45, 2.75) is 19.3 Å². The van der Waals surface area contributed by atoms with E-state index >= 15 is 0 Å². The second-order valence-corrected chi connectivity index (χ2v) is 6.46. The number of benzene rings is 1. The maximum absolute atomic E-state index is 13.0. The number of hydrogen-bond acceptors (Lipinski definition) is 1. The molecule has 1 aromatic rings. The Hall–Kier alpha value is -2.41. The Kier molecular flexibility index (Phi) is 3.70. The molecular formula is C22H20O. The molecule has 1 heteroatoms. The number of Topliss-reactive ketones (excluding diaryl/α,β-unsaturated/α-hetero) is 1. The number of allylic oxidation sites excluding steroid dienone is 10. The van der Waals surface area contributed by atoms with E-state index < -0.39 is 0 Å². The van der Waals surface area contributed by atoms with Crippen LogP contribution in [0.4, 0.5) is 0 Å². The highest BCUT2D eigenvalue weighted by atomic mass is 16.1. The second kappa shape index (κ2) is 6.00. The summed E-state index contributed by atoms with van der Waals surface area (Å²) in [7, 11) is 0. The molecule has 4 rings (SSSR count). The molecule has 0 N–H and O–H groups in total. The maximum Gasteiger partial charge on any atom is 0.170 e. The van der Waals surface area contributed by atoms with E-state index in [1.807, 2.05) is 30.3 Å². The average Bonchev–Trinajstić information content (AvgIpc) is 3.34. The molecule has 0 saturated heterocycles. The van der Waals surface area contributed by atoms with Crippen LogP contribution in [-0.4, -0.2) is 5.78 Å². The van der Waals surface area contributed by atoms with Crippen molar-refractivity contribution in [3.63, 3.8) is 0 Å². The van der Waals surface area contributed by atoms with Gasteiger partial charge in [-0.2, -0.15) is 0 Å². The summed E-state index contributed by atoms with van der Waals surface area (Å²) in [6.45, 7) is 0. The van der Waals surface area contributed by atoms with Gasteiger partial charge < -0.3 is 0 Å². The van der Waals surface area contributed by atoms with Crippen LogP contribution in [0.5, 0.6) is 0 Å². The normalized spacial score (nSPS) is 25.5. The SMILES string of the molecule is O=C(c1ccccc1)C1C=C(C2=CC=CC2)CC1C1=CC=CC1. The van der Waals surface area contributed by atoms with E-state index in [-0.39, 0.29) is 11.7 Å². The molecule has 3 aliphatic carbocycles. The zero-order valence-corrected chi connectivity index (χ0v) is 13.1. The lowest BCUT2D eigenvalue weighted by Crippen LogP contribution is -2.20. The van der Waals surface area contributed by atoms with Gasteiger partial charge in [0.15, 0.2) is 5.78 Å². The fourth-order valence-corrected chi connectivity index (χ4v) is 3.84. The Morgan fingerprint density at radius 1 is 0.913 bits per heavy atom. The zero-order chi connectivity index (χ0) is 15.6. The van der Waals surface area contributed by atoms with Crippen LogP contribution < -0.4 is 0 Å². The summed E-state index contributed by atoms with van der Waals surface area (Å²) in [5.41, 5.74) is 4.97. The minimum absolute atomic E-state index is 0.0277. The molecule has 1 nitrogen and oxygen atoms in total. The van der Waals surface area contributed by atoms with Crippen LogP contribution in [0.15, 0.2) is 89.6 Å². The predicted octanol–water partition coefficient (Wildman–Crippen LogP) is 5.20. The maximum atomic E-state index is 13.0. The highest BCUT2D eigenvalue weighted by Gasteiger charge is 2.36. The summed E-state index contributed by atoms with van der Waals surface area (Å²) in [6.07, 6.45) is 18.2. The third kappa shape index (κ3) is 2.68. The predicted molar refractivity (Wildman–Crippen MR) is 94.1 cm³/mol. The van der Waals surface area contributed by atoms with Crippen LogP contribution in [0.3, 0.4) is 0 Å². The van der Waals surface area contributed by atoms with Crippen LogP contribution in [0.2, 0.25) is 0 Å². The Bertz CT molecular complexity index is 771. The van der Waals surface area contributed by atoms with Gasteiger partial charge >= 0.3 is 0 Å². The first-order valence-corrected chi connectivity index (χ1v) is 8.34. The zero-order valence-electron chi connectivity index (χ0n) is 13.1. The van der Waals surface area contributed by atoms with Crippen LogP contribution in [0, 0.1) is 11.8 Å². The molecule has 0 aliphatic heterocycles. The molecule has 2 unspecified atom stereocenters. The molecule has 0 fully saturated rings. The highest BCUT2D eigenvalue weighted by molar-refractivity contribution is 5.99. The van der Waals surface area contributed by atoms with E-state index in [1.54, 1.807) is 0 Å². The molecular weight excluding hydrogens is 280 g/mol. The van der Waals surface area contributed by atoms with Gasteiger partial charge in [0.2, 0.25) is 0 Å². The van der Waals surface area contributed by atoms with E-state index in [0.717, 1.165) is 24.8 Å². The van der Waals surface area contributed by atoms with Crippen molar-refractivity contribution in [1.29, 1.82) is 0 Å². The van der Waals surface area contributed by atoms with Gasteiger partial charge in [-0.15, -0.1) is 0 Å². The van der Waals surface area contributed by atoms with E-state index in [0.29, 0.717) is 5.92 Å². The van der Waals surface area contributed by atoms with Crippen LogP contribution in [0.25, 0.3) is 0 Å². The molecule has 3 aliphatic rings. The number of carbonyl (C=O) groups excluding carboxylic acids is 1. The highest BCUT2D eigenvalue weighted by Crippen LogP contribution is 2.43. The first-order chi connectivity index (χ1) is 11.3. The molecule has 0 bridgehead atoms. The molecule has 114 valence electrons. The van der Waals surface area contributed by atoms with Crippen molar-refractivity contribution in [2.75, 3.05) is 0 Å². The van der Waals surface area contributed by atoms with Gasteiger partial charge in [-0.3, -0.25) is 4.79 Å². The molecule has 0 radical (unpaired) electrons. The van der Waals surface area contributed by atoms with Gasteiger partial charge in [-0.05, 0) is 36.3 Å². The second-order valence-electron chi connectivity index (χ2n) is 6.46. The van der Waals surface area contributed by atoms with Gasteiger partial charge in [0, 0.05) is 11.5 Å². The van der Waals surface area contributed by atoms with Crippen LogP contribution >= 0.6 is 0 Å². The monoisotopic (exact) mass is 300 g/mol. The van der Waals surface area contributed by atoms with Crippen molar-refractivity contribution in [3.8, 4) is 0 Å². The average molecular weight is 300 g/mol. The number of ketones is 1. The third-order valence-electron chi connectivity index (χ3n) is 5.08. The topological polar surface area (TPSA) is 17.1 Å². The van der Waals surface area contributed by atoms with Crippen molar-refractivity contribution in [2.24, 2.45) is 11.8 Å². The number of carbonyl (C=O) groups is 1. The molecule has 1 aromatic carbocycles. The van der Waals surface area contributed by atoms with Gasteiger partial charge in [0.25, 0.3) is 0 Å². The standard InChI is InChI=1S/C22H20O/c23-22(18-12-2-1-3-13-18)21-15-19(16-8-4-5-9-16)14-20(21)17-10-6-7-11-17/h1-8,10,12-13,15,20-21H,9,11,14H2. The Morgan fingerprint density at radius 2 is 1.70 bits per heavy atom. The Labute approximate surface area is 137 Å². The fourth-order valence-electron chi connectivity index (χ4n) is 3.84. The Balaban J connectivity index is 1.66. The van der Waals surface area contributed by atoms with E-state index in [1.165, 1.54) is 16.7 Å². The van der Waals surface area contributed by atoms with E-state index in [9.17, 15) is 4.79 Å². The van der Waals surface area contributed by atoms with Crippen molar-refractivity contribution in [1.82, 2.24) is 0 Å². The van der Waals surface area contributed by atoms with Crippen LogP contribution in [0.1, 0.15) is 29.6 Å². The van der Waals surface area contributed by atoms with Gasteiger partial charge in [0.1, 0.15) is 0 Å². The molecule has 0 heterocycles. The van der Waals surface area contributed by atoms with Crippen molar-refractivity contribution < 1.29 is 4.79 Å². The Morgan fingerprint density at radius 3 is 2.39 bits per heavy atom. The summed E-state index contributed by atoms with van der Waals surface area (Å²) >= 11 is 0. The quantitative estimate of drug-likeness (QED) is 0.698. The van der Waals surface area contributed by atoms with E-state index in [2.05, 4.69) is 42.5 Å². The number of hydrogen-bond donors (Lipinski definition) is 0. The van der Waals surface area contributed by atoms with Crippen molar-refractivity contribution in [3.05, 3.63) is 95.1 Å². The summed E-state index contributed by atoms with van der Waals surface area (Å²) < 4.78 is 0. The summed E-state index contributed by atoms with van der Waals surface area (Å²) in [5, 5.41) is 0. The fraction of sp³-hybridized carbons (Fsp3) is 0.227. The first-order valence-electron chi connectivity index (χ1n) is 8.34. The first kappa shape index (κ1) is 14.2. The minimum Gasteiger partial charge on any atom is -0.293 e. The van der Waals surface area contributed by atoms with Crippen molar-refractivity contribution >= 4 is 5.78 Å². The summed E-state index contributed by atoms with van der Waals surface area (Å²) in [6, 6.07) is 9.72. The molecule has 0 spiro atoms. The minimum atomic E-state index is -0.0277. The lowest BCUT2D eigenvalue weighted by atomic mass is 9.82. The molecule has 0 saturated carbocycles. The smallest absolute Gasteiger partial charge is 0.170 e. The number of rotatable bonds is 4.